The molecule has 0 bridgehead atoms. The SMILES string of the molecule is O=C(COc1ccc2c(c1)OCCO2)N(CC1CCC(C2CCCCCCC2)S1)c1ccccc1. The highest BCUT2D eigenvalue weighted by atomic mass is 32.2. The summed E-state index contributed by atoms with van der Waals surface area (Å²) in [5, 5.41) is 1.23. The predicted octanol–water partition coefficient (Wildman–Crippen LogP) is 6.49. The van der Waals surface area contributed by atoms with E-state index in [1.165, 1.54) is 57.8 Å². The minimum atomic E-state index is -0.0129. The lowest BCUT2D eigenvalue weighted by molar-refractivity contribution is -0.120. The van der Waals surface area contributed by atoms with E-state index in [1.54, 1.807) is 6.07 Å². The van der Waals surface area contributed by atoms with Crippen molar-refractivity contribution in [2.24, 2.45) is 5.92 Å². The fourth-order valence-corrected chi connectivity index (χ4v) is 7.34. The summed E-state index contributed by atoms with van der Waals surface area (Å²) >= 11 is 2.14. The molecule has 0 N–H and O–H groups in total. The van der Waals surface area contributed by atoms with E-state index in [0.717, 1.165) is 29.1 Å². The number of amides is 1. The van der Waals surface area contributed by atoms with Gasteiger partial charge in [-0.15, -0.1) is 0 Å². The van der Waals surface area contributed by atoms with Crippen molar-refractivity contribution >= 4 is 23.4 Å². The zero-order valence-corrected chi connectivity index (χ0v) is 21.3. The molecule has 0 radical (unpaired) electrons. The first-order valence-corrected chi connectivity index (χ1v) is 14.2. The molecule has 2 atom stereocenters. The van der Waals surface area contributed by atoms with E-state index in [-0.39, 0.29) is 12.5 Å². The van der Waals surface area contributed by atoms with Gasteiger partial charge >= 0.3 is 0 Å². The fourth-order valence-electron chi connectivity index (χ4n) is 5.57. The van der Waals surface area contributed by atoms with Crippen LogP contribution in [-0.4, -0.2) is 42.8 Å². The third kappa shape index (κ3) is 6.46. The highest BCUT2D eigenvalue weighted by Crippen LogP contribution is 2.43. The minimum absolute atomic E-state index is 0.00201. The van der Waals surface area contributed by atoms with E-state index in [0.29, 0.717) is 30.0 Å². The molecule has 2 fully saturated rings. The number of hydrogen-bond acceptors (Lipinski definition) is 5. The Bertz CT molecular complexity index is 960. The number of para-hydroxylation sites is 1. The molecular formula is C29H37NO4S. The summed E-state index contributed by atoms with van der Waals surface area (Å²) in [6, 6.07) is 15.5. The van der Waals surface area contributed by atoms with Gasteiger partial charge in [-0.2, -0.15) is 11.8 Å². The van der Waals surface area contributed by atoms with E-state index in [9.17, 15) is 4.79 Å². The Morgan fingerprint density at radius 1 is 0.886 bits per heavy atom. The van der Waals surface area contributed by atoms with Gasteiger partial charge < -0.3 is 19.1 Å². The molecule has 1 amide bonds. The molecule has 0 aromatic heterocycles. The zero-order chi connectivity index (χ0) is 23.9. The summed E-state index contributed by atoms with van der Waals surface area (Å²) in [7, 11) is 0. The lowest BCUT2D eigenvalue weighted by Gasteiger charge is -2.28. The number of ether oxygens (including phenoxy) is 3. The highest BCUT2D eigenvalue weighted by molar-refractivity contribution is 8.00. The van der Waals surface area contributed by atoms with Gasteiger partial charge in [-0.1, -0.05) is 50.3 Å². The van der Waals surface area contributed by atoms with E-state index in [4.69, 9.17) is 14.2 Å². The molecule has 2 heterocycles. The Labute approximate surface area is 213 Å². The number of nitrogens with zero attached hydrogens (tertiary/aromatic N) is 1. The molecule has 3 aliphatic rings. The van der Waals surface area contributed by atoms with E-state index >= 15 is 0 Å². The summed E-state index contributed by atoms with van der Waals surface area (Å²) in [5.74, 6) is 2.85. The Kier molecular flexibility index (Phi) is 8.40. The molecule has 2 aliphatic heterocycles. The molecule has 0 spiro atoms. The first kappa shape index (κ1) is 24.4. The summed E-state index contributed by atoms with van der Waals surface area (Å²) in [5.41, 5.74) is 0.943. The fraction of sp³-hybridized carbons (Fsp3) is 0.552. The van der Waals surface area contributed by atoms with Crippen LogP contribution in [0.5, 0.6) is 17.2 Å². The van der Waals surface area contributed by atoms with Gasteiger partial charge in [-0.3, -0.25) is 4.79 Å². The monoisotopic (exact) mass is 495 g/mol. The van der Waals surface area contributed by atoms with Gasteiger partial charge in [0.05, 0.1) is 0 Å². The maximum absolute atomic E-state index is 13.4. The summed E-state index contributed by atoms with van der Waals surface area (Å²) in [6.45, 7) is 1.82. The molecule has 35 heavy (non-hydrogen) atoms. The van der Waals surface area contributed by atoms with Crippen molar-refractivity contribution in [3.05, 3.63) is 48.5 Å². The smallest absolute Gasteiger partial charge is 0.264 e. The van der Waals surface area contributed by atoms with Crippen molar-refractivity contribution in [3.63, 3.8) is 0 Å². The van der Waals surface area contributed by atoms with Crippen molar-refractivity contribution in [1.82, 2.24) is 0 Å². The average molecular weight is 496 g/mol. The Morgan fingerprint density at radius 3 is 2.43 bits per heavy atom. The van der Waals surface area contributed by atoms with Gasteiger partial charge in [0.1, 0.15) is 19.0 Å². The first-order valence-electron chi connectivity index (χ1n) is 13.3. The normalized spacial score (nSPS) is 22.7. The third-order valence-electron chi connectivity index (χ3n) is 7.45. The molecule has 5 rings (SSSR count). The Morgan fingerprint density at radius 2 is 1.63 bits per heavy atom. The molecule has 2 unspecified atom stereocenters. The lowest BCUT2D eigenvalue weighted by atomic mass is 9.87. The first-order chi connectivity index (χ1) is 17.3. The zero-order valence-electron chi connectivity index (χ0n) is 20.5. The van der Waals surface area contributed by atoms with Crippen LogP contribution in [0.4, 0.5) is 5.69 Å². The third-order valence-corrected chi connectivity index (χ3v) is 9.19. The van der Waals surface area contributed by atoms with Crippen LogP contribution < -0.4 is 19.1 Å². The van der Waals surface area contributed by atoms with Crippen LogP contribution in [0.15, 0.2) is 48.5 Å². The van der Waals surface area contributed by atoms with Gasteiger partial charge in [0, 0.05) is 28.8 Å². The van der Waals surface area contributed by atoms with Gasteiger partial charge in [-0.25, -0.2) is 0 Å². The van der Waals surface area contributed by atoms with Crippen LogP contribution in [-0.2, 0) is 4.79 Å². The molecule has 1 aliphatic carbocycles. The number of thioether (sulfide) groups is 1. The lowest BCUT2D eigenvalue weighted by Crippen LogP contribution is -2.39. The van der Waals surface area contributed by atoms with Gasteiger partial charge in [0.25, 0.3) is 5.91 Å². The number of hydrogen-bond donors (Lipinski definition) is 0. The van der Waals surface area contributed by atoms with Crippen LogP contribution in [0.3, 0.4) is 0 Å². The van der Waals surface area contributed by atoms with Crippen molar-refractivity contribution in [2.45, 2.75) is 68.3 Å². The van der Waals surface area contributed by atoms with Crippen LogP contribution in [0, 0.1) is 5.92 Å². The van der Waals surface area contributed by atoms with E-state index in [1.807, 2.05) is 47.4 Å². The van der Waals surface area contributed by atoms with Gasteiger partial charge in [0.15, 0.2) is 18.1 Å². The second-order valence-corrected chi connectivity index (χ2v) is 11.5. The van der Waals surface area contributed by atoms with Crippen LogP contribution >= 0.6 is 11.8 Å². The van der Waals surface area contributed by atoms with Crippen LogP contribution in [0.2, 0.25) is 0 Å². The number of benzene rings is 2. The van der Waals surface area contributed by atoms with Gasteiger partial charge in [-0.05, 0) is 55.9 Å². The van der Waals surface area contributed by atoms with Crippen molar-refractivity contribution in [1.29, 1.82) is 0 Å². The second-order valence-electron chi connectivity index (χ2n) is 9.91. The molecule has 1 saturated carbocycles. The Hall–Kier alpha value is -2.34. The van der Waals surface area contributed by atoms with Crippen LogP contribution in [0.1, 0.15) is 57.8 Å². The quantitative estimate of drug-likeness (QED) is 0.439. The maximum Gasteiger partial charge on any atom is 0.264 e. The molecule has 2 aromatic carbocycles. The predicted molar refractivity (Wildman–Crippen MR) is 142 cm³/mol. The molecule has 5 nitrogen and oxygen atoms in total. The van der Waals surface area contributed by atoms with Crippen molar-refractivity contribution < 1.29 is 19.0 Å². The van der Waals surface area contributed by atoms with Crippen molar-refractivity contribution in [3.8, 4) is 17.2 Å². The van der Waals surface area contributed by atoms with Crippen LogP contribution in [0.25, 0.3) is 0 Å². The van der Waals surface area contributed by atoms with E-state index in [2.05, 4.69) is 11.8 Å². The van der Waals surface area contributed by atoms with E-state index < -0.39 is 0 Å². The maximum atomic E-state index is 13.4. The summed E-state index contributed by atoms with van der Waals surface area (Å²) < 4.78 is 17.1. The molecule has 188 valence electrons. The molecule has 6 heteroatoms. The number of carbonyl (C=O) groups excluding carboxylic acids is 1. The topological polar surface area (TPSA) is 48.0 Å². The number of anilines is 1. The molecule has 1 saturated heterocycles. The standard InChI is InChI=1S/C29H37NO4S/c31-29(21-34-24-13-15-26-27(19-24)33-18-17-32-26)30(23-11-7-4-8-12-23)20-25-14-16-28(35-25)22-9-5-2-1-3-6-10-22/h4,7-8,11-13,15,19,22,25,28H,1-3,5-6,9-10,14,16-18,20-21H2. The molecular weight excluding hydrogens is 458 g/mol. The summed E-state index contributed by atoms with van der Waals surface area (Å²) in [4.78, 5) is 15.3. The number of carbonyl (C=O) groups is 1. The average Bonchev–Trinajstić information content (AvgIpc) is 3.34. The largest absolute Gasteiger partial charge is 0.486 e. The Balaban J connectivity index is 1.21. The van der Waals surface area contributed by atoms with Gasteiger partial charge in [0.2, 0.25) is 0 Å². The second kappa shape index (κ2) is 12.1. The summed E-state index contributed by atoms with van der Waals surface area (Å²) in [6.07, 6.45) is 12.2. The highest BCUT2D eigenvalue weighted by Gasteiger charge is 2.33. The number of fused-ring (bicyclic) bond motifs is 1. The minimum Gasteiger partial charge on any atom is -0.486 e. The molecule has 2 aromatic rings. The van der Waals surface area contributed by atoms with Crippen molar-refractivity contribution in [2.75, 3.05) is 31.3 Å². The number of rotatable bonds is 7.